The highest BCUT2D eigenvalue weighted by Gasteiger charge is 2.20. The van der Waals surface area contributed by atoms with Gasteiger partial charge < -0.3 is 4.90 Å². The van der Waals surface area contributed by atoms with Gasteiger partial charge in [-0.25, -0.2) is 4.98 Å². The van der Waals surface area contributed by atoms with E-state index in [4.69, 9.17) is 0 Å². The highest BCUT2D eigenvalue weighted by Crippen LogP contribution is 2.40. The third kappa shape index (κ3) is 3.95. The fourth-order valence-corrected chi connectivity index (χ4v) is 4.67. The predicted octanol–water partition coefficient (Wildman–Crippen LogP) is 5.60. The van der Waals surface area contributed by atoms with E-state index in [9.17, 15) is 20.2 Å². The second-order valence-corrected chi connectivity index (χ2v) is 8.12. The van der Waals surface area contributed by atoms with Gasteiger partial charge in [0.2, 0.25) is 0 Å². The molecule has 1 aromatic heterocycles. The average Bonchev–Trinajstić information content (AvgIpc) is 3.36. The van der Waals surface area contributed by atoms with Crippen LogP contribution < -0.4 is 0 Å². The van der Waals surface area contributed by atoms with Gasteiger partial charge in [0.05, 0.1) is 26.3 Å². The number of thiazole rings is 1. The Balaban J connectivity index is 1.51. The highest BCUT2D eigenvalue weighted by molar-refractivity contribution is 8.06. The second-order valence-electron chi connectivity index (χ2n) is 6.34. The molecule has 0 bridgehead atoms. The van der Waals surface area contributed by atoms with Crippen LogP contribution in [0.3, 0.4) is 0 Å². The van der Waals surface area contributed by atoms with Gasteiger partial charge in [-0.1, -0.05) is 11.8 Å². The maximum absolute atomic E-state index is 10.8. The molecule has 0 unspecified atom stereocenters. The van der Waals surface area contributed by atoms with Gasteiger partial charge in [0.15, 0.2) is 0 Å². The third-order valence-corrected chi connectivity index (χ3v) is 6.27. The van der Waals surface area contributed by atoms with E-state index in [-0.39, 0.29) is 11.4 Å². The quantitative estimate of drug-likeness (QED) is 0.377. The lowest BCUT2D eigenvalue weighted by molar-refractivity contribution is -0.385. The van der Waals surface area contributed by atoms with Crippen molar-refractivity contribution in [2.24, 2.45) is 0 Å². The largest absolute Gasteiger partial charge is 0.338 e. The van der Waals surface area contributed by atoms with E-state index in [0.717, 1.165) is 32.6 Å². The average molecular weight is 438 g/mol. The van der Waals surface area contributed by atoms with E-state index in [1.165, 1.54) is 35.6 Å². The molecular formula is C20H14N4O4S2. The molecular weight excluding hydrogens is 424 g/mol. The zero-order valence-corrected chi connectivity index (χ0v) is 17.2. The fourth-order valence-electron chi connectivity index (χ4n) is 2.89. The van der Waals surface area contributed by atoms with Crippen molar-refractivity contribution < 1.29 is 9.85 Å². The Kier molecular flexibility index (Phi) is 5.34. The molecule has 0 atom stereocenters. The number of aromatic nitrogens is 1. The summed E-state index contributed by atoms with van der Waals surface area (Å²) >= 11 is 3.04. The van der Waals surface area contributed by atoms with Gasteiger partial charge in [0.25, 0.3) is 11.4 Å². The van der Waals surface area contributed by atoms with Gasteiger partial charge >= 0.3 is 0 Å². The summed E-state index contributed by atoms with van der Waals surface area (Å²) in [6.45, 7) is 0. The van der Waals surface area contributed by atoms with Gasteiger partial charge in [-0.05, 0) is 29.8 Å². The van der Waals surface area contributed by atoms with Crippen molar-refractivity contribution in [3.63, 3.8) is 0 Å². The summed E-state index contributed by atoms with van der Waals surface area (Å²) in [5.41, 5.74) is 3.53. The van der Waals surface area contributed by atoms with Crippen LogP contribution in [0, 0.1) is 20.2 Å². The summed E-state index contributed by atoms with van der Waals surface area (Å²) in [7, 11) is 1.93. The number of non-ortho nitro benzene ring substituents is 2. The van der Waals surface area contributed by atoms with E-state index in [0.29, 0.717) is 0 Å². The third-order valence-electron chi connectivity index (χ3n) is 4.50. The molecule has 2 heterocycles. The summed E-state index contributed by atoms with van der Waals surface area (Å²) in [4.78, 5) is 27.4. The minimum absolute atomic E-state index is 0.0464. The van der Waals surface area contributed by atoms with Crippen LogP contribution in [0.2, 0.25) is 0 Å². The fraction of sp³-hybridized carbons (Fsp3) is 0.0500. The Labute approximate surface area is 179 Å². The first-order chi connectivity index (χ1) is 14.4. The van der Waals surface area contributed by atoms with Crippen LogP contribution in [0.25, 0.3) is 23.0 Å². The minimum atomic E-state index is -0.427. The van der Waals surface area contributed by atoms with Crippen molar-refractivity contribution in [3.05, 3.63) is 95.1 Å². The lowest BCUT2D eigenvalue weighted by Gasteiger charge is -2.17. The summed E-state index contributed by atoms with van der Waals surface area (Å²) in [5.74, 6) is 0. The summed E-state index contributed by atoms with van der Waals surface area (Å²) in [6.07, 6.45) is 1.97. The van der Waals surface area contributed by atoms with Gasteiger partial charge in [-0.3, -0.25) is 20.2 Å². The number of nitro groups is 2. The summed E-state index contributed by atoms with van der Waals surface area (Å²) < 4.78 is 0. The Morgan fingerprint density at radius 2 is 1.50 bits per heavy atom. The first-order valence-electron chi connectivity index (χ1n) is 8.70. The van der Waals surface area contributed by atoms with Crippen LogP contribution in [0.1, 0.15) is 10.6 Å². The maximum atomic E-state index is 10.8. The molecule has 0 saturated heterocycles. The first-order valence-corrected chi connectivity index (χ1v) is 10.5. The topological polar surface area (TPSA) is 102 Å². The molecule has 150 valence electrons. The van der Waals surface area contributed by atoms with E-state index >= 15 is 0 Å². The predicted molar refractivity (Wildman–Crippen MR) is 119 cm³/mol. The number of hydrogen-bond donors (Lipinski definition) is 0. The number of hydrogen-bond acceptors (Lipinski definition) is 8. The molecule has 0 aliphatic carbocycles. The number of nitro benzene ring substituents is 2. The molecule has 10 heteroatoms. The lowest BCUT2D eigenvalue weighted by atomic mass is 10.1. The smallest absolute Gasteiger partial charge is 0.269 e. The second kappa shape index (κ2) is 8.09. The molecule has 1 aliphatic heterocycles. The number of nitrogens with zero attached hydrogens (tertiary/aromatic N) is 4. The van der Waals surface area contributed by atoms with Crippen LogP contribution in [0.15, 0.2) is 64.3 Å². The molecule has 4 rings (SSSR count). The molecule has 0 N–H and O–H groups in total. The van der Waals surface area contributed by atoms with E-state index in [2.05, 4.69) is 4.98 Å². The molecule has 30 heavy (non-hydrogen) atoms. The lowest BCUT2D eigenvalue weighted by Crippen LogP contribution is -2.09. The van der Waals surface area contributed by atoms with E-state index < -0.39 is 9.85 Å². The van der Waals surface area contributed by atoms with Crippen LogP contribution in [0.4, 0.5) is 11.4 Å². The Morgan fingerprint density at radius 1 is 0.933 bits per heavy atom. The molecule has 0 fully saturated rings. The van der Waals surface area contributed by atoms with E-state index in [1.807, 2.05) is 28.8 Å². The normalized spacial score (nSPS) is 14.8. The van der Waals surface area contributed by atoms with Crippen molar-refractivity contribution in [1.29, 1.82) is 0 Å². The number of thioether (sulfide) groups is 1. The molecule has 0 saturated carbocycles. The Hall–Kier alpha value is -3.50. The van der Waals surface area contributed by atoms with Gasteiger partial charge in [0.1, 0.15) is 5.01 Å². The highest BCUT2D eigenvalue weighted by atomic mass is 32.2. The molecule has 2 aromatic carbocycles. The van der Waals surface area contributed by atoms with Gasteiger partial charge in [-0.2, -0.15) is 0 Å². The van der Waals surface area contributed by atoms with Crippen LogP contribution in [-0.2, 0) is 0 Å². The minimum Gasteiger partial charge on any atom is -0.338 e. The number of benzene rings is 2. The molecule has 3 aromatic rings. The first kappa shape index (κ1) is 19.8. The monoisotopic (exact) mass is 438 g/mol. The molecule has 8 nitrogen and oxygen atoms in total. The Morgan fingerprint density at radius 3 is 2.07 bits per heavy atom. The summed E-state index contributed by atoms with van der Waals surface area (Å²) in [5, 5.41) is 27.3. The molecule has 1 aliphatic rings. The molecule has 0 spiro atoms. The standard InChI is InChI=1S/C20H14N4O4S2/c1-22-18(14-4-8-16(9-5-14)24(27)28)12-30-20(22)10-19-21-17(11-29-19)13-2-6-15(7-3-13)23(25)26/h2-12H,1H3/b20-10+. The maximum Gasteiger partial charge on any atom is 0.269 e. The molecule has 0 radical (unpaired) electrons. The van der Waals surface area contributed by atoms with Crippen LogP contribution >= 0.6 is 23.1 Å². The van der Waals surface area contributed by atoms with E-state index in [1.54, 1.807) is 36.0 Å². The molecule has 0 amide bonds. The van der Waals surface area contributed by atoms with Crippen molar-refractivity contribution in [2.75, 3.05) is 7.05 Å². The zero-order valence-electron chi connectivity index (χ0n) is 15.6. The van der Waals surface area contributed by atoms with Crippen molar-refractivity contribution >= 4 is 46.2 Å². The SMILES string of the molecule is CN1C(c2ccc([N+](=O)[O-])cc2)=CS/C1=C/c1nc(-c2ccc([N+](=O)[O-])cc2)cs1. The zero-order chi connectivity index (χ0) is 21.3. The van der Waals surface area contributed by atoms with Crippen molar-refractivity contribution in [3.8, 4) is 11.3 Å². The Bertz CT molecular complexity index is 1180. The van der Waals surface area contributed by atoms with Crippen molar-refractivity contribution in [1.82, 2.24) is 9.88 Å². The van der Waals surface area contributed by atoms with Gasteiger partial charge in [0, 0.05) is 53.7 Å². The summed E-state index contributed by atoms with van der Waals surface area (Å²) in [6, 6.07) is 12.8. The van der Waals surface area contributed by atoms with Gasteiger partial charge in [-0.15, -0.1) is 11.3 Å². The van der Waals surface area contributed by atoms with Crippen LogP contribution in [-0.4, -0.2) is 26.8 Å². The van der Waals surface area contributed by atoms with Crippen LogP contribution in [0.5, 0.6) is 0 Å². The number of rotatable bonds is 5. The van der Waals surface area contributed by atoms with Crippen molar-refractivity contribution in [2.45, 2.75) is 0 Å².